The number of ether oxygens (including phenoxy) is 5. The van der Waals surface area contributed by atoms with Gasteiger partial charge in [-0.05, 0) is 69.9 Å². The number of esters is 2. The lowest BCUT2D eigenvalue weighted by atomic mass is 9.79. The summed E-state index contributed by atoms with van der Waals surface area (Å²) in [4.78, 5) is 38.3. The molecule has 412 valence electrons. The van der Waals surface area contributed by atoms with Crippen molar-refractivity contribution in [3.05, 3.63) is 129 Å². The Labute approximate surface area is 436 Å². The highest BCUT2D eigenvalue weighted by Gasteiger charge is 2.65. The maximum Gasteiger partial charge on any atom is 0.442 e. The Bertz CT molecular complexity index is 2610. The van der Waals surface area contributed by atoms with Crippen LogP contribution in [0.15, 0.2) is 123 Å². The summed E-state index contributed by atoms with van der Waals surface area (Å²) in [6.45, 7) is 16.0. The largest absolute Gasteiger partial charge is 0.490 e. The van der Waals surface area contributed by atoms with E-state index in [0.717, 1.165) is 42.0 Å². The number of alkyl halides is 3. The molecule has 0 aliphatic carbocycles. The standard InChI is InChI=1S/C54H70F3N3O14S/c1-12-15-42-34(7)45(74-75(67,68)40-24-22-39(23-25-40)60(65)66)29-44(71-42)35(8)48(62)36(9)50-43(69-10)17-14-16-30(3)26-33(6)49(41(13-2)47(61)32(5)27-31(4)28-46(70-11)52(64)73-50)72-51(63)37-18-20-38(21-19-37)53(58-59-53)54(55,56)57/h12,14-25,27-28,32-36,41-45,47-50,61-62H,13,26,29H2,1-11H3/b15-12+,17-14+,30-16+,31-27+,46-28-/t32-,33-,34-,35-,36+,41-,42-,43+,44-,45-,47-,48+,49+,50-/m1/s1. The molecule has 0 radical (unpaired) electrons. The third-order valence-corrected chi connectivity index (χ3v) is 15.8. The van der Waals surface area contributed by atoms with E-state index in [2.05, 4.69) is 10.2 Å². The molecule has 1 fully saturated rings. The predicted molar refractivity (Wildman–Crippen MR) is 270 cm³/mol. The number of halogens is 3. The van der Waals surface area contributed by atoms with E-state index >= 15 is 0 Å². The lowest BCUT2D eigenvalue weighted by Crippen LogP contribution is -2.51. The highest BCUT2D eigenvalue weighted by Crippen LogP contribution is 2.52. The van der Waals surface area contributed by atoms with E-state index in [1.165, 1.54) is 32.4 Å². The third-order valence-electron chi connectivity index (χ3n) is 14.4. The average Bonchev–Trinajstić information content (AvgIpc) is 4.19. The first-order valence-corrected chi connectivity index (χ1v) is 26.3. The summed E-state index contributed by atoms with van der Waals surface area (Å²) in [6, 6.07) is 9.08. The van der Waals surface area contributed by atoms with E-state index < -0.39 is 123 Å². The Morgan fingerprint density at radius 2 is 1.68 bits per heavy atom. The van der Waals surface area contributed by atoms with Crippen LogP contribution in [0.5, 0.6) is 0 Å². The lowest BCUT2D eigenvalue weighted by molar-refractivity contribution is -0.384. The first-order chi connectivity index (χ1) is 35.2. The molecular formula is C54H70F3N3O14S. The van der Waals surface area contributed by atoms with Crippen molar-refractivity contribution in [2.45, 2.75) is 147 Å². The van der Waals surface area contributed by atoms with E-state index in [1.54, 1.807) is 78.0 Å². The van der Waals surface area contributed by atoms with Crippen molar-refractivity contribution >= 4 is 27.7 Å². The number of carbonyl (C=O) groups excluding carboxylic acids is 2. The van der Waals surface area contributed by atoms with Gasteiger partial charge in [-0.3, -0.25) is 14.3 Å². The molecule has 0 bridgehead atoms. The highest BCUT2D eigenvalue weighted by atomic mass is 32.2. The zero-order valence-electron chi connectivity index (χ0n) is 44.0. The van der Waals surface area contributed by atoms with Crippen LogP contribution < -0.4 is 0 Å². The number of nitro benzene ring substituents is 1. The zero-order chi connectivity index (χ0) is 55.7. The number of non-ortho nitro benzene ring substituents is 1. The minimum absolute atomic E-state index is 0.00561. The maximum atomic E-state index is 14.1. The van der Waals surface area contributed by atoms with E-state index in [1.807, 2.05) is 20.8 Å². The van der Waals surface area contributed by atoms with Crippen LogP contribution in [0.3, 0.4) is 0 Å². The monoisotopic (exact) mass is 1070 g/mol. The Hall–Kier alpha value is -5.58. The van der Waals surface area contributed by atoms with Gasteiger partial charge in [0, 0.05) is 60.8 Å². The molecule has 0 saturated carbocycles. The number of allylic oxidation sites excluding steroid dienone is 6. The van der Waals surface area contributed by atoms with Gasteiger partial charge in [-0.25, -0.2) is 9.59 Å². The summed E-state index contributed by atoms with van der Waals surface area (Å²) >= 11 is 0. The molecule has 3 heterocycles. The fourth-order valence-corrected chi connectivity index (χ4v) is 11.0. The smallest absolute Gasteiger partial charge is 0.442 e. The van der Waals surface area contributed by atoms with Crippen molar-refractivity contribution in [2.24, 2.45) is 45.7 Å². The second kappa shape index (κ2) is 25.5. The minimum atomic E-state index is -4.75. The van der Waals surface area contributed by atoms with Crippen molar-refractivity contribution in [3.63, 3.8) is 0 Å². The Morgan fingerprint density at radius 1 is 1.04 bits per heavy atom. The predicted octanol–water partition coefficient (Wildman–Crippen LogP) is 10.0. The number of nitrogens with zero attached hydrogens (tertiary/aromatic N) is 3. The SMILES string of the molecule is C/C=C/[C@H]1O[C@@H]([C@@H](C)[C@H](O)[C@H](C)[C@H]2OC(=O)/C(OC)=C/C(C)=C/[C@@H](C)[C@@H](O)[C@@H](CC)[C@@H](OC(=O)c3ccc(C4(C(F)(F)F)N=N4)cc3)[C@H](C)C/C(C)=C/C=C/[C@@H]2OC)C[C@@H](OS(=O)(=O)c2ccc([N+](=O)[O-])cc2)[C@@H]1C. The van der Waals surface area contributed by atoms with Gasteiger partial charge in [0.2, 0.25) is 5.76 Å². The third kappa shape index (κ3) is 14.5. The number of carbonyl (C=O) groups is 2. The fourth-order valence-electron chi connectivity index (χ4n) is 9.88. The molecule has 75 heavy (non-hydrogen) atoms. The van der Waals surface area contributed by atoms with Crippen molar-refractivity contribution in [1.29, 1.82) is 0 Å². The van der Waals surface area contributed by atoms with E-state index in [4.69, 9.17) is 27.9 Å². The second-order valence-electron chi connectivity index (χ2n) is 19.8. The van der Waals surface area contributed by atoms with Gasteiger partial charge < -0.3 is 33.9 Å². The second-order valence-corrected chi connectivity index (χ2v) is 21.4. The van der Waals surface area contributed by atoms with Gasteiger partial charge in [-0.2, -0.15) is 21.6 Å². The molecule has 14 atom stereocenters. The molecule has 2 N–H and O–H groups in total. The summed E-state index contributed by atoms with van der Waals surface area (Å²) in [5.74, 6) is -5.62. The Balaban J connectivity index is 1.45. The van der Waals surface area contributed by atoms with Gasteiger partial charge in [0.15, 0.2) is 0 Å². The molecule has 2 aromatic carbocycles. The number of cyclic esters (lactones) is 1. The van der Waals surface area contributed by atoms with Crippen molar-refractivity contribution in [3.8, 4) is 0 Å². The van der Waals surface area contributed by atoms with E-state index in [-0.39, 0.29) is 33.9 Å². The minimum Gasteiger partial charge on any atom is -0.490 e. The van der Waals surface area contributed by atoms with Gasteiger partial charge in [0.05, 0.1) is 53.0 Å². The normalized spacial score (nSPS) is 31.9. The molecule has 1 saturated heterocycles. The van der Waals surface area contributed by atoms with Gasteiger partial charge in [0.25, 0.3) is 15.8 Å². The number of aliphatic hydroxyl groups is 2. The summed E-state index contributed by atoms with van der Waals surface area (Å²) in [6.07, 6.45) is 0.0687. The van der Waals surface area contributed by atoms with Crippen LogP contribution >= 0.6 is 0 Å². The molecule has 0 spiro atoms. The number of hydrogen-bond acceptors (Lipinski definition) is 16. The lowest BCUT2D eigenvalue weighted by Gasteiger charge is -2.43. The van der Waals surface area contributed by atoms with Gasteiger partial charge in [-0.15, -0.1) is 10.2 Å². The summed E-state index contributed by atoms with van der Waals surface area (Å²) in [7, 11) is -1.71. The van der Waals surface area contributed by atoms with Crippen molar-refractivity contribution in [2.75, 3.05) is 14.2 Å². The molecule has 0 unspecified atom stereocenters. The van der Waals surface area contributed by atoms with Crippen LogP contribution in [0.25, 0.3) is 0 Å². The van der Waals surface area contributed by atoms with Crippen LogP contribution in [0, 0.1) is 45.6 Å². The number of benzene rings is 2. The number of hydrogen-bond donors (Lipinski definition) is 2. The van der Waals surface area contributed by atoms with Gasteiger partial charge >= 0.3 is 23.8 Å². The van der Waals surface area contributed by atoms with Gasteiger partial charge in [-0.1, -0.05) is 101 Å². The zero-order valence-corrected chi connectivity index (χ0v) is 44.9. The first-order valence-electron chi connectivity index (χ1n) is 24.9. The van der Waals surface area contributed by atoms with Crippen LogP contribution in [0.1, 0.15) is 97.5 Å². The van der Waals surface area contributed by atoms with Crippen LogP contribution in [0.4, 0.5) is 18.9 Å². The number of aliphatic hydroxyl groups excluding tert-OH is 2. The summed E-state index contributed by atoms with van der Waals surface area (Å²) < 4.78 is 104. The van der Waals surface area contributed by atoms with Gasteiger partial charge in [0.1, 0.15) is 18.3 Å². The molecule has 3 aliphatic rings. The number of rotatable bonds is 15. The van der Waals surface area contributed by atoms with E-state index in [9.17, 15) is 51.5 Å². The highest BCUT2D eigenvalue weighted by molar-refractivity contribution is 7.86. The Kier molecular flexibility index (Phi) is 20.5. The quantitative estimate of drug-likeness (QED) is 0.0556. The number of methoxy groups -OCH3 is 2. The average molecular weight is 1070 g/mol. The summed E-state index contributed by atoms with van der Waals surface area (Å²) in [5, 5.41) is 41.9. The molecule has 17 nitrogen and oxygen atoms in total. The van der Waals surface area contributed by atoms with E-state index in [0.29, 0.717) is 18.4 Å². The van der Waals surface area contributed by atoms with Crippen LogP contribution in [0.2, 0.25) is 0 Å². The van der Waals surface area contributed by atoms with Crippen molar-refractivity contribution in [1.82, 2.24) is 0 Å². The number of nitro groups is 1. The topological polar surface area (TPSA) is 232 Å². The maximum absolute atomic E-state index is 14.1. The first kappa shape index (κ1) is 60.3. The fraction of sp³-hybridized carbons (Fsp3) is 0.556. The summed E-state index contributed by atoms with van der Waals surface area (Å²) in [5.41, 5.74) is -1.88. The molecule has 0 amide bonds. The molecular weight excluding hydrogens is 1000 g/mol. The van der Waals surface area contributed by atoms with Crippen molar-refractivity contribution < 1.29 is 74.2 Å². The molecule has 2 aromatic rings. The molecule has 5 rings (SSSR count). The molecule has 21 heteroatoms. The van der Waals surface area contributed by atoms with Crippen LogP contribution in [-0.2, 0) is 48.4 Å². The molecule has 3 aliphatic heterocycles. The molecule has 0 aromatic heterocycles. The van der Waals surface area contributed by atoms with Crippen LogP contribution in [-0.4, -0.2) is 105 Å². The Morgan fingerprint density at radius 3 is 2.23 bits per heavy atom.